The molecule has 134 valence electrons. The van der Waals surface area contributed by atoms with Crippen LogP contribution in [0.25, 0.3) is 45.1 Å². The maximum absolute atomic E-state index is 10.3. The molecule has 0 aliphatic carbocycles. The molecule has 5 aromatic rings. The number of phenols is 1. The lowest BCUT2D eigenvalue weighted by molar-refractivity contribution is 0.477. The zero-order chi connectivity index (χ0) is 18.9. The number of fused-ring (bicyclic) bond motifs is 3. The predicted octanol–water partition coefficient (Wildman–Crippen LogP) is 6.99. The fraction of sp³-hybridized carbons (Fsp3) is 0. The van der Waals surface area contributed by atoms with Crippen molar-refractivity contribution in [2.75, 3.05) is 0 Å². The molecule has 0 aliphatic heterocycles. The summed E-state index contributed by atoms with van der Waals surface area (Å²) in [6, 6.07) is 26.1. The maximum atomic E-state index is 10.3. The molecule has 0 spiro atoms. The Bertz CT molecular complexity index is 1320. The van der Waals surface area contributed by atoms with Gasteiger partial charge in [0.1, 0.15) is 5.75 Å². The van der Waals surface area contributed by atoms with Crippen molar-refractivity contribution in [2.24, 2.45) is 0 Å². The largest absolute Gasteiger partial charge is 0.507 e. The number of pyridine rings is 1. The topological polar surface area (TPSA) is 33.1 Å². The molecule has 28 heavy (non-hydrogen) atoms. The van der Waals surface area contributed by atoms with Crippen LogP contribution in [0.2, 0.25) is 0 Å². The van der Waals surface area contributed by atoms with E-state index in [4.69, 9.17) is 4.98 Å². The van der Waals surface area contributed by atoms with Gasteiger partial charge in [0.05, 0.1) is 11.2 Å². The molecule has 2 heterocycles. The second-order valence-corrected chi connectivity index (χ2v) is 7.62. The van der Waals surface area contributed by atoms with Gasteiger partial charge in [-0.15, -0.1) is 11.3 Å². The first kappa shape index (κ1) is 16.7. The normalized spacial score (nSPS) is 11.6. The van der Waals surface area contributed by atoms with Crippen LogP contribution in [-0.2, 0) is 0 Å². The molecule has 2 nitrogen and oxygen atoms in total. The molecule has 1 N–H and O–H groups in total. The first-order valence-electron chi connectivity index (χ1n) is 9.12. The number of nitrogens with zero attached hydrogens (tertiary/aromatic N) is 1. The van der Waals surface area contributed by atoms with Gasteiger partial charge in [0, 0.05) is 15.8 Å². The summed E-state index contributed by atoms with van der Waals surface area (Å²) in [5.41, 5.74) is 3.52. The Hall–Kier alpha value is -3.43. The van der Waals surface area contributed by atoms with Crippen molar-refractivity contribution >= 4 is 45.2 Å². The Morgan fingerprint density at radius 2 is 1.68 bits per heavy atom. The van der Waals surface area contributed by atoms with Gasteiger partial charge in [-0.2, -0.15) is 0 Å². The predicted molar refractivity (Wildman–Crippen MR) is 120 cm³/mol. The summed E-state index contributed by atoms with van der Waals surface area (Å²) < 4.78 is 0. The SMILES string of the molecule is Oc1ccccc1-c1cc(C=Cc2cccs2)c2c(ccc3ccccc32)n1. The van der Waals surface area contributed by atoms with Crippen LogP contribution in [-0.4, -0.2) is 10.1 Å². The molecular formula is C25H17NOS. The van der Waals surface area contributed by atoms with E-state index in [1.807, 2.05) is 18.2 Å². The smallest absolute Gasteiger partial charge is 0.124 e. The van der Waals surface area contributed by atoms with E-state index in [1.165, 1.54) is 15.6 Å². The lowest BCUT2D eigenvalue weighted by Gasteiger charge is -2.11. The summed E-state index contributed by atoms with van der Waals surface area (Å²) in [6.07, 6.45) is 4.28. The van der Waals surface area contributed by atoms with Crippen molar-refractivity contribution in [1.82, 2.24) is 4.98 Å². The summed E-state index contributed by atoms with van der Waals surface area (Å²) in [6.45, 7) is 0. The molecule has 0 saturated heterocycles. The number of thiophene rings is 1. The van der Waals surface area contributed by atoms with Gasteiger partial charge in [-0.05, 0) is 58.1 Å². The number of hydrogen-bond donors (Lipinski definition) is 1. The summed E-state index contributed by atoms with van der Waals surface area (Å²) in [4.78, 5) is 6.07. The van der Waals surface area contributed by atoms with E-state index in [2.05, 4.69) is 72.1 Å². The van der Waals surface area contributed by atoms with Gasteiger partial charge in [-0.25, -0.2) is 4.98 Å². The van der Waals surface area contributed by atoms with Crippen LogP contribution in [0.1, 0.15) is 10.4 Å². The van der Waals surface area contributed by atoms with Crippen LogP contribution in [0.5, 0.6) is 5.75 Å². The van der Waals surface area contributed by atoms with Crippen LogP contribution >= 0.6 is 11.3 Å². The molecule has 0 saturated carbocycles. The van der Waals surface area contributed by atoms with Crippen LogP contribution in [0.15, 0.2) is 84.2 Å². The molecule has 3 aromatic carbocycles. The number of phenolic OH excluding ortho intramolecular Hbond substituents is 1. The highest BCUT2D eigenvalue weighted by Crippen LogP contribution is 2.34. The standard InChI is InChI=1S/C25H17NOS/c27-24-10-4-3-9-21(24)23-16-18(11-13-19-7-5-15-28-19)25-20-8-2-1-6-17(20)12-14-22(25)26-23/h1-16,27H. The third-order valence-electron chi connectivity index (χ3n) is 4.88. The Morgan fingerprint density at radius 1 is 0.821 bits per heavy atom. The number of hydrogen-bond acceptors (Lipinski definition) is 3. The van der Waals surface area contributed by atoms with E-state index in [9.17, 15) is 5.11 Å². The third kappa shape index (κ3) is 2.96. The third-order valence-corrected chi connectivity index (χ3v) is 5.72. The summed E-state index contributed by atoms with van der Waals surface area (Å²) in [7, 11) is 0. The molecule has 2 aromatic heterocycles. The molecule has 0 aliphatic rings. The Kier molecular flexibility index (Phi) is 4.15. The van der Waals surface area contributed by atoms with Crippen LogP contribution < -0.4 is 0 Å². The Morgan fingerprint density at radius 3 is 2.54 bits per heavy atom. The van der Waals surface area contributed by atoms with Gasteiger partial charge in [-0.3, -0.25) is 0 Å². The highest BCUT2D eigenvalue weighted by molar-refractivity contribution is 7.10. The number of para-hydroxylation sites is 1. The number of aromatic hydroxyl groups is 1. The molecule has 5 rings (SSSR count). The average molecular weight is 379 g/mol. The molecule has 0 atom stereocenters. The minimum atomic E-state index is 0.239. The first-order valence-corrected chi connectivity index (χ1v) is 10.00. The second kappa shape index (κ2) is 6.95. The van der Waals surface area contributed by atoms with Crippen molar-refractivity contribution in [3.8, 4) is 17.0 Å². The second-order valence-electron chi connectivity index (χ2n) is 6.64. The lowest BCUT2D eigenvalue weighted by Crippen LogP contribution is -1.91. The molecular weight excluding hydrogens is 362 g/mol. The molecule has 0 amide bonds. The van der Waals surface area contributed by atoms with E-state index >= 15 is 0 Å². The van der Waals surface area contributed by atoms with Gasteiger partial charge in [-0.1, -0.05) is 54.6 Å². The summed E-state index contributed by atoms with van der Waals surface area (Å²) in [5, 5.41) is 15.9. The van der Waals surface area contributed by atoms with E-state index in [-0.39, 0.29) is 5.75 Å². The fourth-order valence-electron chi connectivity index (χ4n) is 3.56. The fourth-order valence-corrected chi connectivity index (χ4v) is 4.17. The van der Waals surface area contributed by atoms with Gasteiger partial charge < -0.3 is 5.11 Å². The van der Waals surface area contributed by atoms with Crippen LogP contribution in [0.4, 0.5) is 0 Å². The van der Waals surface area contributed by atoms with Crippen LogP contribution in [0.3, 0.4) is 0 Å². The number of rotatable bonds is 3. The molecule has 0 fully saturated rings. The van der Waals surface area contributed by atoms with Gasteiger partial charge in [0.25, 0.3) is 0 Å². The van der Waals surface area contributed by atoms with E-state index in [0.717, 1.165) is 27.7 Å². The maximum Gasteiger partial charge on any atom is 0.124 e. The zero-order valence-corrected chi connectivity index (χ0v) is 15.9. The van der Waals surface area contributed by atoms with Gasteiger partial charge in [0.2, 0.25) is 0 Å². The molecule has 0 radical (unpaired) electrons. The van der Waals surface area contributed by atoms with E-state index in [0.29, 0.717) is 0 Å². The highest BCUT2D eigenvalue weighted by atomic mass is 32.1. The monoisotopic (exact) mass is 379 g/mol. The molecule has 0 bridgehead atoms. The average Bonchev–Trinajstić information content (AvgIpc) is 3.25. The van der Waals surface area contributed by atoms with E-state index < -0.39 is 0 Å². The number of benzene rings is 3. The van der Waals surface area contributed by atoms with E-state index in [1.54, 1.807) is 17.4 Å². The summed E-state index contributed by atoms with van der Waals surface area (Å²) >= 11 is 1.71. The van der Waals surface area contributed by atoms with Crippen molar-refractivity contribution in [2.45, 2.75) is 0 Å². The summed E-state index contributed by atoms with van der Waals surface area (Å²) in [5.74, 6) is 0.239. The quantitative estimate of drug-likeness (QED) is 0.343. The zero-order valence-electron chi connectivity index (χ0n) is 15.0. The van der Waals surface area contributed by atoms with Gasteiger partial charge >= 0.3 is 0 Å². The Labute approximate surface area is 167 Å². The minimum absolute atomic E-state index is 0.239. The first-order chi connectivity index (χ1) is 13.8. The van der Waals surface area contributed by atoms with Crippen molar-refractivity contribution in [3.05, 3.63) is 94.7 Å². The van der Waals surface area contributed by atoms with Crippen molar-refractivity contribution in [1.29, 1.82) is 0 Å². The molecule has 3 heteroatoms. The van der Waals surface area contributed by atoms with Crippen LogP contribution in [0, 0.1) is 0 Å². The highest BCUT2D eigenvalue weighted by Gasteiger charge is 2.11. The van der Waals surface area contributed by atoms with Crippen molar-refractivity contribution < 1.29 is 5.11 Å². The minimum Gasteiger partial charge on any atom is -0.507 e. The Balaban J connectivity index is 1.81. The number of aromatic nitrogens is 1. The van der Waals surface area contributed by atoms with Crippen molar-refractivity contribution in [3.63, 3.8) is 0 Å². The molecule has 0 unspecified atom stereocenters. The van der Waals surface area contributed by atoms with Gasteiger partial charge in [0.15, 0.2) is 0 Å². The lowest BCUT2D eigenvalue weighted by atomic mass is 9.98.